The van der Waals surface area contributed by atoms with Crippen LogP contribution in [0, 0.1) is 0 Å². The van der Waals surface area contributed by atoms with Gasteiger partial charge in [-0.15, -0.1) is 0 Å². The van der Waals surface area contributed by atoms with E-state index in [9.17, 15) is 4.79 Å². The molecule has 2 aliphatic heterocycles. The lowest BCUT2D eigenvalue weighted by Crippen LogP contribution is -2.51. The molecule has 1 aromatic carbocycles. The number of carbonyl (C=O) groups excluding carboxylic acids is 1. The summed E-state index contributed by atoms with van der Waals surface area (Å²) in [6.45, 7) is 2.90. The predicted octanol–water partition coefficient (Wildman–Crippen LogP) is 1.22. The van der Waals surface area contributed by atoms with Crippen molar-refractivity contribution in [2.75, 3.05) is 26.7 Å². The molecular weight excluding hydrogens is 278 g/mol. The number of benzene rings is 1. The first kappa shape index (κ1) is 13.8. The van der Waals surface area contributed by atoms with Crippen LogP contribution in [-0.4, -0.2) is 59.2 Å². The number of nitrogens with zero attached hydrogens (tertiary/aromatic N) is 3. The summed E-state index contributed by atoms with van der Waals surface area (Å²) in [6, 6.07) is 8.69. The Kier molecular flexibility index (Phi) is 3.20. The summed E-state index contributed by atoms with van der Waals surface area (Å²) in [6.07, 6.45) is 2.36. The molecule has 4 rings (SSSR count). The molecule has 5 nitrogen and oxygen atoms in total. The van der Waals surface area contributed by atoms with Crippen molar-refractivity contribution in [1.29, 1.82) is 0 Å². The molecule has 2 atom stereocenters. The normalized spacial score (nSPS) is 25.9. The summed E-state index contributed by atoms with van der Waals surface area (Å²) in [5, 5.41) is 1.31. The lowest BCUT2D eigenvalue weighted by molar-refractivity contribution is -0.150. The Morgan fingerprint density at radius 3 is 2.91 bits per heavy atom. The molecule has 0 aliphatic carbocycles. The van der Waals surface area contributed by atoms with Crippen molar-refractivity contribution in [3.63, 3.8) is 0 Å². The maximum absolute atomic E-state index is 11.8. The van der Waals surface area contributed by atoms with E-state index in [4.69, 9.17) is 4.74 Å². The number of amides is 1. The maximum atomic E-state index is 11.8. The molecule has 0 bridgehead atoms. The number of hydrogen-bond acceptors (Lipinski definition) is 3. The minimum absolute atomic E-state index is 0.0910. The van der Waals surface area contributed by atoms with Crippen molar-refractivity contribution >= 4 is 16.8 Å². The quantitative estimate of drug-likeness (QED) is 0.837. The van der Waals surface area contributed by atoms with E-state index in [2.05, 4.69) is 47.0 Å². The number of likely N-dealkylation sites (N-methyl/N-ethyl adjacent to an activating group) is 1. The Hall–Kier alpha value is -1.85. The number of rotatable bonds is 2. The number of para-hydroxylation sites is 1. The minimum atomic E-state index is 0.0910. The van der Waals surface area contributed by atoms with Crippen molar-refractivity contribution < 1.29 is 9.53 Å². The molecule has 2 aromatic rings. The summed E-state index contributed by atoms with van der Waals surface area (Å²) in [5.41, 5.74) is 2.60. The first-order chi connectivity index (χ1) is 10.6. The van der Waals surface area contributed by atoms with Crippen molar-refractivity contribution in [3.8, 4) is 0 Å². The lowest BCUT2D eigenvalue weighted by Gasteiger charge is -2.33. The molecule has 0 saturated carbocycles. The standard InChI is InChI=1S/C17H21N3O2/c1-18-7-12(13-5-3-4-6-14(13)18)8-20-9-15-16(10-20)22-11-17(21)19(15)2/h3-7,15-16H,8-11H2,1-2H3/t15-,16+/m1/s1. The van der Waals surface area contributed by atoms with E-state index in [1.165, 1.54) is 16.5 Å². The molecule has 2 fully saturated rings. The van der Waals surface area contributed by atoms with Gasteiger partial charge in [0.1, 0.15) is 6.61 Å². The van der Waals surface area contributed by atoms with Crippen molar-refractivity contribution in [2.45, 2.75) is 18.7 Å². The predicted molar refractivity (Wildman–Crippen MR) is 84.5 cm³/mol. The molecule has 1 amide bonds. The van der Waals surface area contributed by atoms with Crippen molar-refractivity contribution in [2.24, 2.45) is 7.05 Å². The van der Waals surface area contributed by atoms with Gasteiger partial charge in [0.15, 0.2) is 0 Å². The summed E-state index contributed by atoms with van der Waals surface area (Å²) in [7, 11) is 3.98. The SMILES string of the molecule is CN1C(=O)CO[C@H]2CN(Cc3cn(C)c4ccccc34)C[C@H]21. The third kappa shape index (κ3) is 2.12. The van der Waals surface area contributed by atoms with E-state index in [1.54, 1.807) is 0 Å². The van der Waals surface area contributed by atoms with Crippen LogP contribution in [0.1, 0.15) is 5.56 Å². The Bertz CT molecular complexity index is 724. The second-order valence-corrected chi connectivity index (χ2v) is 6.40. The zero-order valence-corrected chi connectivity index (χ0v) is 13.0. The minimum Gasteiger partial charge on any atom is -0.365 e. The third-order valence-electron chi connectivity index (χ3n) is 5.00. The third-order valence-corrected chi connectivity index (χ3v) is 5.00. The topological polar surface area (TPSA) is 37.7 Å². The zero-order valence-electron chi connectivity index (χ0n) is 13.0. The average Bonchev–Trinajstić information content (AvgIpc) is 3.06. The van der Waals surface area contributed by atoms with Crippen molar-refractivity contribution in [3.05, 3.63) is 36.0 Å². The van der Waals surface area contributed by atoms with Gasteiger partial charge >= 0.3 is 0 Å². The summed E-state index contributed by atoms with van der Waals surface area (Å²) < 4.78 is 7.89. The van der Waals surface area contributed by atoms with Gasteiger partial charge in [-0.3, -0.25) is 9.69 Å². The van der Waals surface area contributed by atoms with Gasteiger partial charge < -0.3 is 14.2 Å². The number of aromatic nitrogens is 1. The highest BCUT2D eigenvalue weighted by atomic mass is 16.5. The number of ether oxygens (including phenoxy) is 1. The fraction of sp³-hybridized carbons (Fsp3) is 0.471. The molecule has 3 heterocycles. The fourth-order valence-electron chi connectivity index (χ4n) is 3.76. The van der Waals surface area contributed by atoms with Gasteiger partial charge in [-0.25, -0.2) is 0 Å². The van der Waals surface area contributed by atoms with Gasteiger partial charge in [0, 0.05) is 50.8 Å². The highest BCUT2D eigenvalue weighted by molar-refractivity contribution is 5.83. The largest absolute Gasteiger partial charge is 0.365 e. The average molecular weight is 299 g/mol. The first-order valence-corrected chi connectivity index (χ1v) is 7.76. The van der Waals surface area contributed by atoms with Crippen LogP contribution < -0.4 is 0 Å². The number of morpholine rings is 1. The van der Waals surface area contributed by atoms with E-state index in [0.717, 1.165) is 19.6 Å². The molecule has 2 saturated heterocycles. The molecule has 22 heavy (non-hydrogen) atoms. The van der Waals surface area contributed by atoms with Gasteiger partial charge in [-0.2, -0.15) is 0 Å². The molecule has 1 aromatic heterocycles. The van der Waals surface area contributed by atoms with Gasteiger partial charge in [0.2, 0.25) is 5.91 Å². The summed E-state index contributed by atoms with van der Waals surface area (Å²) in [4.78, 5) is 16.0. The monoisotopic (exact) mass is 299 g/mol. The van der Waals surface area contributed by atoms with Crippen LogP contribution in [0.3, 0.4) is 0 Å². The molecule has 0 N–H and O–H groups in total. The summed E-state index contributed by atoms with van der Waals surface area (Å²) in [5.74, 6) is 0.0910. The van der Waals surface area contributed by atoms with Gasteiger partial charge in [0.25, 0.3) is 0 Å². The maximum Gasteiger partial charge on any atom is 0.248 e. The van der Waals surface area contributed by atoms with Crippen LogP contribution in [0.4, 0.5) is 0 Å². The number of carbonyl (C=O) groups is 1. The molecule has 116 valence electrons. The van der Waals surface area contributed by atoms with E-state index < -0.39 is 0 Å². The molecule has 0 unspecified atom stereocenters. The Morgan fingerprint density at radius 2 is 2.05 bits per heavy atom. The number of fused-ring (bicyclic) bond motifs is 2. The van der Waals surface area contributed by atoms with Crippen LogP contribution in [-0.2, 0) is 23.1 Å². The van der Waals surface area contributed by atoms with Gasteiger partial charge in [-0.05, 0) is 11.6 Å². The Balaban J connectivity index is 1.56. The van der Waals surface area contributed by atoms with E-state index in [0.29, 0.717) is 0 Å². The molecule has 2 aliphatic rings. The van der Waals surface area contributed by atoms with Crippen LogP contribution in [0.2, 0.25) is 0 Å². The molecule has 5 heteroatoms. The second kappa shape index (κ2) is 5.11. The van der Waals surface area contributed by atoms with Crippen LogP contribution >= 0.6 is 0 Å². The number of hydrogen-bond donors (Lipinski definition) is 0. The van der Waals surface area contributed by atoms with Gasteiger partial charge in [0.05, 0.1) is 12.1 Å². The first-order valence-electron chi connectivity index (χ1n) is 7.76. The number of aryl methyl sites for hydroxylation is 1. The van der Waals surface area contributed by atoms with Gasteiger partial charge in [-0.1, -0.05) is 18.2 Å². The van der Waals surface area contributed by atoms with Crippen LogP contribution in [0.25, 0.3) is 10.9 Å². The Labute approximate surface area is 130 Å². The number of likely N-dealkylation sites (tertiary alicyclic amines) is 1. The molecular formula is C17H21N3O2. The van der Waals surface area contributed by atoms with Crippen LogP contribution in [0.15, 0.2) is 30.5 Å². The molecule has 0 radical (unpaired) electrons. The second-order valence-electron chi connectivity index (χ2n) is 6.40. The highest BCUT2D eigenvalue weighted by Crippen LogP contribution is 2.26. The lowest BCUT2D eigenvalue weighted by atomic mass is 10.1. The smallest absolute Gasteiger partial charge is 0.248 e. The zero-order chi connectivity index (χ0) is 15.3. The van der Waals surface area contributed by atoms with E-state index in [-0.39, 0.29) is 24.7 Å². The van der Waals surface area contributed by atoms with E-state index in [1.807, 2.05) is 11.9 Å². The highest BCUT2D eigenvalue weighted by Gasteiger charge is 2.41. The fourth-order valence-corrected chi connectivity index (χ4v) is 3.76. The molecule has 0 spiro atoms. The van der Waals surface area contributed by atoms with Crippen LogP contribution in [0.5, 0.6) is 0 Å². The summed E-state index contributed by atoms with van der Waals surface area (Å²) >= 11 is 0. The van der Waals surface area contributed by atoms with E-state index >= 15 is 0 Å². The van der Waals surface area contributed by atoms with Crippen molar-refractivity contribution in [1.82, 2.24) is 14.4 Å². The Morgan fingerprint density at radius 1 is 1.23 bits per heavy atom.